The molecule has 0 aliphatic rings. The topological polar surface area (TPSA) is 77.2 Å². The summed E-state index contributed by atoms with van der Waals surface area (Å²) < 4.78 is 53.6. The van der Waals surface area contributed by atoms with Crippen LogP contribution in [-0.4, -0.2) is 42.9 Å². The first-order valence-corrected chi connectivity index (χ1v) is 6.10. The SMILES string of the molecule is NCCCNC(=O)c1ccc(OCC(F)(F)C(F)F)nc1. The Balaban J connectivity index is 2.52. The molecule has 0 saturated heterocycles. The summed E-state index contributed by atoms with van der Waals surface area (Å²) in [5.74, 6) is -4.92. The van der Waals surface area contributed by atoms with Gasteiger partial charge in [0, 0.05) is 18.8 Å². The number of alkyl halides is 4. The fourth-order valence-electron chi connectivity index (χ4n) is 1.24. The second kappa shape index (κ2) is 7.77. The number of carbonyl (C=O) groups is 1. The normalized spacial score (nSPS) is 11.5. The number of ether oxygens (including phenoxy) is 1. The molecule has 0 aliphatic carbocycles. The smallest absolute Gasteiger partial charge is 0.340 e. The number of halogens is 4. The van der Waals surface area contributed by atoms with E-state index in [-0.39, 0.29) is 11.4 Å². The summed E-state index contributed by atoms with van der Waals surface area (Å²) in [6.45, 7) is -0.655. The van der Waals surface area contributed by atoms with Crippen molar-refractivity contribution in [1.29, 1.82) is 0 Å². The zero-order valence-electron chi connectivity index (χ0n) is 11.0. The zero-order chi connectivity index (χ0) is 15.9. The first-order chi connectivity index (χ1) is 9.86. The molecule has 1 rings (SSSR count). The second-order valence-corrected chi connectivity index (χ2v) is 4.13. The Morgan fingerprint density at radius 3 is 2.67 bits per heavy atom. The maximum absolute atomic E-state index is 12.6. The number of nitrogens with two attached hydrogens (primary N) is 1. The lowest BCUT2D eigenvalue weighted by atomic mass is 10.2. The first-order valence-electron chi connectivity index (χ1n) is 6.10. The lowest BCUT2D eigenvalue weighted by molar-refractivity contribution is -0.148. The standard InChI is InChI=1S/C12H15F4N3O2/c13-11(14)12(15,16)7-21-9-3-2-8(6-19-9)10(20)18-5-1-4-17/h2-3,6,11H,1,4-5,7,17H2,(H,18,20). The van der Waals surface area contributed by atoms with Crippen LogP contribution in [-0.2, 0) is 0 Å². The van der Waals surface area contributed by atoms with Crippen LogP contribution in [0.25, 0.3) is 0 Å². The van der Waals surface area contributed by atoms with Gasteiger partial charge in [0.2, 0.25) is 5.88 Å². The van der Waals surface area contributed by atoms with Gasteiger partial charge in [0.15, 0.2) is 6.61 Å². The van der Waals surface area contributed by atoms with Crippen molar-refractivity contribution >= 4 is 5.91 Å². The summed E-state index contributed by atoms with van der Waals surface area (Å²) in [5, 5.41) is 2.57. The Bertz CT molecular complexity index is 454. The molecule has 0 fully saturated rings. The molecule has 3 N–H and O–H groups in total. The van der Waals surface area contributed by atoms with Gasteiger partial charge >= 0.3 is 12.3 Å². The quantitative estimate of drug-likeness (QED) is 0.563. The molecule has 1 aromatic rings. The van der Waals surface area contributed by atoms with Crippen LogP contribution in [0.2, 0.25) is 0 Å². The molecule has 1 aromatic heterocycles. The average molecular weight is 309 g/mol. The summed E-state index contributed by atoms with van der Waals surface area (Å²) in [7, 11) is 0. The van der Waals surface area contributed by atoms with Gasteiger partial charge in [0.25, 0.3) is 5.91 Å². The van der Waals surface area contributed by atoms with Gasteiger partial charge < -0.3 is 15.8 Å². The van der Waals surface area contributed by atoms with Crippen molar-refractivity contribution in [2.45, 2.75) is 18.8 Å². The third kappa shape index (κ3) is 5.54. The van der Waals surface area contributed by atoms with Crippen LogP contribution in [0.4, 0.5) is 17.6 Å². The van der Waals surface area contributed by atoms with E-state index in [2.05, 4.69) is 15.0 Å². The van der Waals surface area contributed by atoms with Gasteiger partial charge in [-0.2, -0.15) is 8.78 Å². The minimum Gasteiger partial charge on any atom is -0.471 e. The van der Waals surface area contributed by atoms with E-state index in [1.807, 2.05) is 0 Å². The number of carbonyl (C=O) groups excluding carboxylic acids is 1. The number of nitrogens with zero attached hydrogens (tertiary/aromatic N) is 1. The highest BCUT2D eigenvalue weighted by Crippen LogP contribution is 2.23. The van der Waals surface area contributed by atoms with E-state index in [0.717, 1.165) is 12.3 Å². The predicted molar refractivity (Wildman–Crippen MR) is 66.7 cm³/mol. The van der Waals surface area contributed by atoms with E-state index in [1.165, 1.54) is 6.07 Å². The van der Waals surface area contributed by atoms with Crippen LogP contribution in [0.15, 0.2) is 18.3 Å². The molecule has 0 bridgehead atoms. The highest BCUT2D eigenvalue weighted by Gasteiger charge is 2.41. The minimum absolute atomic E-state index is 0.194. The van der Waals surface area contributed by atoms with Gasteiger partial charge in [-0.15, -0.1) is 0 Å². The largest absolute Gasteiger partial charge is 0.471 e. The molecule has 0 radical (unpaired) electrons. The molecule has 0 aliphatic heterocycles. The molecule has 0 aromatic carbocycles. The van der Waals surface area contributed by atoms with Gasteiger partial charge in [-0.3, -0.25) is 4.79 Å². The molecular formula is C12H15F4N3O2. The van der Waals surface area contributed by atoms with Crippen molar-refractivity contribution in [2.24, 2.45) is 5.73 Å². The molecule has 1 heterocycles. The van der Waals surface area contributed by atoms with E-state index in [1.54, 1.807) is 0 Å². The van der Waals surface area contributed by atoms with Crippen molar-refractivity contribution in [2.75, 3.05) is 19.7 Å². The van der Waals surface area contributed by atoms with E-state index in [9.17, 15) is 22.4 Å². The van der Waals surface area contributed by atoms with Gasteiger partial charge in [0.05, 0.1) is 5.56 Å². The molecule has 1 amide bonds. The Kier molecular flexibility index (Phi) is 6.35. The highest BCUT2D eigenvalue weighted by molar-refractivity contribution is 5.93. The third-order valence-corrected chi connectivity index (χ3v) is 2.40. The van der Waals surface area contributed by atoms with Crippen LogP contribution in [0.1, 0.15) is 16.8 Å². The van der Waals surface area contributed by atoms with Crippen molar-refractivity contribution in [3.05, 3.63) is 23.9 Å². The minimum atomic E-state index is -4.25. The highest BCUT2D eigenvalue weighted by atomic mass is 19.3. The van der Waals surface area contributed by atoms with Crippen LogP contribution in [0.5, 0.6) is 5.88 Å². The molecule has 21 heavy (non-hydrogen) atoms. The number of nitrogens with one attached hydrogen (secondary N) is 1. The second-order valence-electron chi connectivity index (χ2n) is 4.13. The van der Waals surface area contributed by atoms with Crippen LogP contribution in [0, 0.1) is 0 Å². The molecule has 118 valence electrons. The summed E-state index contributed by atoms with van der Waals surface area (Å²) in [5.41, 5.74) is 5.46. The summed E-state index contributed by atoms with van der Waals surface area (Å²) in [6.07, 6.45) is -2.10. The Labute approximate surface area is 118 Å². The van der Waals surface area contributed by atoms with Crippen molar-refractivity contribution in [3.8, 4) is 5.88 Å². The number of pyridine rings is 1. The predicted octanol–water partition coefficient (Wildman–Crippen LogP) is 1.44. The maximum atomic E-state index is 12.6. The summed E-state index contributed by atoms with van der Waals surface area (Å²) in [4.78, 5) is 15.2. The lowest BCUT2D eigenvalue weighted by Crippen LogP contribution is -2.33. The number of aromatic nitrogens is 1. The Morgan fingerprint density at radius 2 is 2.14 bits per heavy atom. The summed E-state index contributed by atoms with van der Waals surface area (Å²) >= 11 is 0. The lowest BCUT2D eigenvalue weighted by Gasteiger charge is -2.15. The van der Waals surface area contributed by atoms with Crippen molar-refractivity contribution < 1.29 is 27.1 Å². The molecule has 0 atom stereocenters. The van der Waals surface area contributed by atoms with Gasteiger partial charge in [-0.1, -0.05) is 0 Å². The molecule has 0 spiro atoms. The number of amides is 1. The zero-order valence-corrected chi connectivity index (χ0v) is 11.0. The van der Waals surface area contributed by atoms with Crippen molar-refractivity contribution in [1.82, 2.24) is 10.3 Å². The molecular weight excluding hydrogens is 294 g/mol. The van der Waals surface area contributed by atoms with Crippen LogP contribution < -0.4 is 15.8 Å². The molecule has 5 nitrogen and oxygen atoms in total. The number of hydrogen-bond donors (Lipinski definition) is 2. The van der Waals surface area contributed by atoms with Crippen LogP contribution >= 0.6 is 0 Å². The van der Waals surface area contributed by atoms with Gasteiger partial charge in [-0.25, -0.2) is 13.8 Å². The monoisotopic (exact) mass is 309 g/mol. The van der Waals surface area contributed by atoms with Gasteiger partial charge in [0.1, 0.15) is 0 Å². The maximum Gasteiger partial charge on any atom is 0.340 e. The Morgan fingerprint density at radius 1 is 1.43 bits per heavy atom. The molecule has 0 unspecified atom stereocenters. The third-order valence-electron chi connectivity index (χ3n) is 2.40. The number of hydrogen-bond acceptors (Lipinski definition) is 4. The fraction of sp³-hybridized carbons (Fsp3) is 0.500. The van der Waals surface area contributed by atoms with E-state index >= 15 is 0 Å². The number of rotatable bonds is 8. The van der Waals surface area contributed by atoms with E-state index < -0.39 is 24.9 Å². The van der Waals surface area contributed by atoms with E-state index in [0.29, 0.717) is 19.5 Å². The van der Waals surface area contributed by atoms with Crippen molar-refractivity contribution in [3.63, 3.8) is 0 Å². The van der Waals surface area contributed by atoms with Crippen LogP contribution in [0.3, 0.4) is 0 Å². The Hall–Kier alpha value is -1.90. The first kappa shape index (κ1) is 17.2. The molecule has 0 saturated carbocycles. The van der Waals surface area contributed by atoms with E-state index in [4.69, 9.17) is 5.73 Å². The molecule has 9 heteroatoms. The average Bonchev–Trinajstić information content (AvgIpc) is 2.45. The summed E-state index contributed by atoms with van der Waals surface area (Å²) in [6, 6.07) is 2.44. The van der Waals surface area contributed by atoms with Gasteiger partial charge in [-0.05, 0) is 19.0 Å². The fourth-order valence-corrected chi connectivity index (χ4v) is 1.24.